The first-order valence-corrected chi connectivity index (χ1v) is 8.44. The molecule has 0 bridgehead atoms. The molecule has 1 aliphatic rings. The minimum atomic E-state index is -0.500. The smallest absolute Gasteiger partial charge is 0.237 e. The van der Waals surface area contributed by atoms with Crippen LogP contribution in [0.15, 0.2) is 30.3 Å². The Morgan fingerprint density at radius 1 is 1.17 bits per heavy atom. The quantitative estimate of drug-likeness (QED) is 0.592. The SMILES string of the molecule is Cl.N[C@@H](Cc1ccccc1)C(=O)NCCOC1CCCCCC1. The van der Waals surface area contributed by atoms with Gasteiger partial charge in [0, 0.05) is 6.54 Å². The Balaban J connectivity index is 0.00000264. The molecule has 0 spiro atoms. The van der Waals surface area contributed by atoms with Crippen molar-refractivity contribution in [3.8, 4) is 0 Å². The first kappa shape index (κ1) is 19.9. The lowest BCUT2D eigenvalue weighted by Gasteiger charge is -2.16. The first-order valence-electron chi connectivity index (χ1n) is 8.44. The van der Waals surface area contributed by atoms with Crippen LogP contribution in [0, 0.1) is 0 Å². The largest absolute Gasteiger partial charge is 0.376 e. The molecule has 1 atom stereocenters. The number of benzene rings is 1. The van der Waals surface area contributed by atoms with Gasteiger partial charge in [0.15, 0.2) is 0 Å². The minimum Gasteiger partial charge on any atom is -0.376 e. The summed E-state index contributed by atoms with van der Waals surface area (Å²) < 4.78 is 5.86. The third-order valence-corrected chi connectivity index (χ3v) is 4.19. The summed E-state index contributed by atoms with van der Waals surface area (Å²) in [5, 5.41) is 2.87. The van der Waals surface area contributed by atoms with Crippen molar-refractivity contribution in [1.82, 2.24) is 5.32 Å². The summed E-state index contributed by atoms with van der Waals surface area (Å²) >= 11 is 0. The Hall–Kier alpha value is -1.10. The van der Waals surface area contributed by atoms with E-state index in [1.165, 1.54) is 25.7 Å². The highest BCUT2D eigenvalue weighted by Crippen LogP contribution is 2.19. The van der Waals surface area contributed by atoms with Crippen LogP contribution >= 0.6 is 12.4 Å². The van der Waals surface area contributed by atoms with Crippen molar-refractivity contribution in [1.29, 1.82) is 0 Å². The summed E-state index contributed by atoms with van der Waals surface area (Å²) in [4.78, 5) is 12.0. The van der Waals surface area contributed by atoms with Crippen LogP contribution in [0.1, 0.15) is 44.1 Å². The summed E-state index contributed by atoms with van der Waals surface area (Å²) in [6.45, 7) is 1.12. The van der Waals surface area contributed by atoms with Crippen LogP contribution in [-0.4, -0.2) is 31.2 Å². The molecule has 0 saturated heterocycles. The van der Waals surface area contributed by atoms with Crippen LogP contribution in [0.2, 0.25) is 0 Å². The number of carbonyl (C=O) groups is 1. The molecule has 5 heteroatoms. The Labute approximate surface area is 145 Å². The lowest BCUT2D eigenvalue weighted by Crippen LogP contribution is -2.43. The van der Waals surface area contributed by atoms with E-state index >= 15 is 0 Å². The first-order chi connectivity index (χ1) is 10.8. The van der Waals surface area contributed by atoms with Crippen LogP contribution in [0.25, 0.3) is 0 Å². The van der Waals surface area contributed by atoms with E-state index < -0.39 is 6.04 Å². The number of nitrogens with one attached hydrogen (secondary N) is 1. The number of nitrogens with two attached hydrogens (primary N) is 1. The zero-order valence-electron chi connectivity index (χ0n) is 13.7. The van der Waals surface area contributed by atoms with Crippen molar-refractivity contribution in [3.05, 3.63) is 35.9 Å². The van der Waals surface area contributed by atoms with E-state index in [-0.39, 0.29) is 18.3 Å². The van der Waals surface area contributed by atoms with E-state index in [9.17, 15) is 4.79 Å². The molecule has 2 rings (SSSR count). The van der Waals surface area contributed by atoms with E-state index in [0.717, 1.165) is 18.4 Å². The highest BCUT2D eigenvalue weighted by atomic mass is 35.5. The van der Waals surface area contributed by atoms with Crippen molar-refractivity contribution >= 4 is 18.3 Å². The highest BCUT2D eigenvalue weighted by molar-refractivity contribution is 5.85. The normalized spacial score (nSPS) is 16.9. The molecule has 23 heavy (non-hydrogen) atoms. The van der Waals surface area contributed by atoms with Crippen LogP contribution in [0.5, 0.6) is 0 Å². The fourth-order valence-electron chi connectivity index (χ4n) is 2.90. The summed E-state index contributed by atoms with van der Waals surface area (Å²) in [6.07, 6.45) is 8.42. The second-order valence-electron chi connectivity index (χ2n) is 6.07. The number of halogens is 1. The van der Waals surface area contributed by atoms with Gasteiger partial charge in [0.05, 0.1) is 18.8 Å². The monoisotopic (exact) mass is 340 g/mol. The van der Waals surface area contributed by atoms with Gasteiger partial charge in [0.2, 0.25) is 5.91 Å². The van der Waals surface area contributed by atoms with Crippen LogP contribution < -0.4 is 11.1 Å². The molecular formula is C18H29ClN2O2. The Kier molecular flexibility index (Phi) is 9.92. The van der Waals surface area contributed by atoms with Crippen molar-refractivity contribution in [2.75, 3.05) is 13.2 Å². The highest BCUT2D eigenvalue weighted by Gasteiger charge is 2.15. The lowest BCUT2D eigenvalue weighted by atomic mass is 10.1. The Morgan fingerprint density at radius 2 is 1.83 bits per heavy atom. The van der Waals surface area contributed by atoms with Crippen molar-refractivity contribution in [3.63, 3.8) is 0 Å². The van der Waals surface area contributed by atoms with Crippen LogP contribution in [0.3, 0.4) is 0 Å². The molecular weight excluding hydrogens is 312 g/mol. The Bertz CT molecular complexity index is 434. The van der Waals surface area contributed by atoms with E-state index in [2.05, 4.69) is 5.32 Å². The van der Waals surface area contributed by atoms with E-state index in [4.69, 9.17) is 10.5 Å². The predicted molar refractivity (Wildman–Crippen MR) is 95.8 cm³/mol. The number of hydrogen-bond acceptors (Lipinski definition) is 3. The fourth-order valence-corrected chi connectivity index (χ4v) is 2.90. The van der Waals surface area contributed by atoms with Crippen molar-refractivity contribution < 1.29 is 9.53 Å². The molecule has 0 radical (unpaired) electrons. The van der Waals surface area contributed by atoms with E-state index in [1.807, 2.05) is 30.3 Å². The van der Waals surface area contributed by atoms with Crippen molar-refractivity contribution in [2.45, 2.75) is 57.1 Å². The van der Waals surface area contributed by atoms with Crippen LogP contribution in [-0.2, 0) is 16.0 Å². The number of rotatable bonds is 7. The third-order valence-electron chi connectivity index (χ3n) is 4.19. The molecule has 0 aromatic heterocycles. The standard InChI is InChI=1S/C18H28N2O2.ClH/c19-17(14-15-8-4-3-5-9-15)18(21)20-12-13-22-16-10-6-1-2-7-11-16;/h3-5,8-9,16-17H,1-2,6-7,10-14,19H2,(H,20,21);1H/t17-;/m0./s1. The zero-order chi connectivity index (χ0) is 15.6. The van der Waals surface area contributed by atoms with Gasteiger partial charge in [-0.2, -0.15) is 0 Å². The maximum absolute atomic E-state index is 12.0. The summed E-state index contributed by atoms with van der Waals surface area (Å²) in [6, 6.07) is 9.35. The average Bonchev–Trinajstić information content (AvgIpc) is 2.81. The lowest BCUT2D eigenvalue weighted by molar-refractivity contribution is -0.122. The molecule has 1 aliphatic carbocycles. The molecule has 0 unspecified atom stereocenters. The minimum absolute atomic E-state index is 0. The van der Waals surface area contributed by atoms with Gasteiger partial charge in [-0.1, -0.05) is 56.0 Å². The average molecular weight is 341 g/mol. The Morgan fingerprint density at radius 3 is 2.48 bits per heavy atom. The van der Waals surface area contributed by atoms with Crippen LogP contribution in [0.4, 0.5) is 0 Å². The number of ether oxygens (including phenoxy) is 1. The van der Waals surface area contributed by atoms with Crippen molar-refractivity contribution in [2.24, 2.45) is 5.73 Å². The topological polar surface area (TPSA) is 64.4 Å². The van der Waals surface area contributed by atoms with Gasteiger partial charge < -0.3 is 15.8 Å². The fraction of sp³-hybridized carbons (Fsp3) is 0.611. The number of hydrogen-bond donors (Lipinski definition) is 2. The van der Waals surface area contributed by atoms with Gasteiger partial charge in [-0.3, -0.25) is 4.79 Å². The van der Waals surface area contributed by atoms with Gasteiger partial charge in [-0.25, -0.2) is 0 Å². The molecule has 130 valence electrons. The molecule has 3 N–H and O–H groups in total. The molecule has 1 fully saturated rings. The van der Waals surface area contributed by atoms with Gasteiger partial charge in [-0.15, -0.1) is 12.4 Å². The molecule has 1 amide bonds. The number of carbonyl (C=O) groups excluding carboxylic acids is 1. The summed E-state index contributed by atoms with van der Waals surface area (Å²) in [5.41, 5.74) is 7.03. The molecule has 0 heterocycles. The van der Waals surface area contributed by atoms with Gasteiger partial charge in [-0.05, 0) is 24.8 Å². The van der Waals surface area contributed by atoms with E-state index in [1.54, 1.807) is 0 Å². The second-order valence-corrected chi connectivity index (χ2v) is 6.07. The number of amides is 1. The second kappa shape index (κ2) is 11.4. The summed E-state index contributed by atoms with van der Waals surface area (Å²) in [5.74, 6) is -0.103. The zero-order valence-corrected chi connectivity index (χ0v) is 14.5. The maximum Gasteiger partial charge on any atom is 0.237 e. The molecule has 0 aliphatic heterocycles. The third kappa shape index (κ3) is 7.82. The maximum atomic E-state index is 12.0. The van der Waals surface area contributed by atoms with Gasteiger partial charge in [0.1, 0.15) is 0 Å². The molecule has 1 saturated carbocycles. The molecule has 4 nitrogen and oxygen atoms in total. The molecule has 1 aromatic carbocycles. The summed E-state index contributed by atoms with van der Waals surface area (Å²) in [7, 11) is 0. The van der Waals surface area contributed by atoms with Gasteiger partial charge in [0.25, 0.3) is 0 Å². The van der Waals surface area contributed by atoms with E-state index in [0.29, 0.717) is 25.7 Å². The molecule has 1 aromatic rings. The predicted octanol–water partition coefficient (Wildman–Crippen LogP) is 2.83. The van der Waals surface area contributed by atoms with Gasteiger partial charge >= 0.3 is 0 Å².